The monoisotopic (exact) mass is 171 g/mol. The van der Waals surface area contributed by atoms with Crippen LogP contribution in [0.15, 0.2) is 0 Å². The van der Waals surface area contributed by atoms with Gasteiger partial charge in [-0.15, -0.1) is 0 Å². The van der Waals surface area contributed by atoms with Crippen molar-refractivity contribution in [3.05, 3.63) is 0 Å². The first-order valence-corrected chi connectivity index (χ1v) is 5.09. The Labute approximate surface area is 75.7 Å². The van der Waals surface area contributed by atoms with Crippen LogP contribution in [0.5, 0.6) is 0 Å². The van der Waals surface area contributed by atoms with Crippen LogP contribution in [0.2, 0.25) is 0 Å². The van der Waals surface area contributed by atoms with Crippen molar-refractivity contribution < 1.29 is 4.74 Å². The smallest absolute Gasteiger partial charge is 0.0587 e. The summed E-state index contributed by atoms with van der Waals surface area (Å²) in [6, 6.07) is 0.729. The van der Waals surface area contributed by atoms with Crippen molar-refractivity contribution in [2.45, 2.75) is 38.6 Å². The predicted octanol–water partition coefficient (Wildman–Crippen LogP) is 1.80. The number of ether oxygens (including phenoxy) is 1. The van der Waals surface area contributed by atoms with Gasteiger partial charge in [-0.05, 0) is 18.8 Å². The van der Waals surface area contributed by atoms with Crippen molar-refractivity contribution in [2.24, 2.45) is 5.92 Å². The first-order valence-electron chi connectivity index (χ1n) is 5.09. The maximum Gasteiger partial charge on any atom is 0.0587 e. The zero-order valence-corrected chi connectivity index (χ0v) is 8.31. The molecular formula is C10H21NO. The molecule has 2 nitrogen and oxygen atoms in total. The molecule has 1 N–H and O–H groups in total. The first-order chi connectivity index (χ1) is 5.86. The molecule has 1 rings (SSSR count). The molecule has 0 aliphatic heterocycles. The highest BCUT2D eigenvalue weighted by Crippen LogP contribution is 2.33. The Morgan fingerprint density at radius 1 is 1.50 bits per heavy atom. The van der Waals surface area contributed by atoms with E-state index in [9.17, 15) is 0 Å². The Morgan fingerprint density at radius 2 is 2.25 bits per heavy atom. The van der Waals surface area contributed by atoms with E-state index < -0.39 is 0 Å². The maximum absolute atomic E-state index is 4.99. The lowest BCUT2D eigenvalue weighted by atomic mass is 10.1. The van der Waals surface area contributed by atoms with Gasteiger partial charge in [-0.2, -0.15) is 0 Å². The van der Waals surface area contributed by atoms with Crippen molar-refractivity contribution in [1.29, 1.82) is 0 Å². The quantitative estimate of drug-likeness (QED) is 0.590. The van der Waals surface area contributed by atoms with Gasteiger partial charge >= 0.3 is 0 Å². The highest BCUT2D eigenvalue weighted by molar-refractivity contribution is 4.79. The summed E-state index contributed by atoms with van der Waals surface area (Å²) in [5.41, 5.74) is 0. The molecule has 0 aromatic carbocycles. The lowest BCUT2D eigenvalue weighted by molar-refractivity contribution is 0.194. The molecule has 2 heteroatoms. The van der Waals surface area contributed by atoms with E-state index in [1.807, 2.05) is 0 Å². The van der Waals surface area contributed by atoms with Crippen LogP contribution in [-0.2, 0) is 4.74 Å². The molecule has 72 valence electrons. The summed E-state index contributed by atoms with van der Waals surface area (Å²) in [4.78, 5) is 0. The van der Waals surface area contributed by atoms with Gasteiger partial charge in [-0.25, -0.2) is 0 Å². The average molecular weight is 171 g/mol. The van der Waals surface area contributed by atoms with E-state index in [0.717, 1.165) is 25.1 Å². The van der Waals surface area contributed by atoms with E-state index in [4.69, 9.17) is 4.74 Å². The molecule has 1 aliphatic carbocycles. The number of nitrogens with one attached hydrogen (secondary N) is 1. The van der Waals surface area contributed by atoms with Crippen LogP contribution in [0.25, 0.3) is 0 Å². The van der Waals surface area contributed by atoms with E-state index in [1.54, 1.807) is 7.11 Å². The topological polar surface area (TPSA) is 21.3 Å². The molecular weight excluding hydrogens is 150 g/mol. The van der Waals surface area contributed by atoms with Crippen molar-refractivity contribution in [1.82, 2.24) is 5.32 Å². The van der Waals surface area contributed by atoms with Gasteiger partial charge in [0, 0.05) is 19.7 Å². The van der Waals surface area contributed by atoms with Gasteiger partial charge in [0.15, 0.2) is 0 Å². The van der Waals surface area contributed by atoms with Gasteiger partial charge in [0.1, 0.15) is 0 Å². The molecule has 1 unspecified atom stereocenters. The summed E-state index contributed by atoms with van der Waals surface area (Å²) < 4.78 is 4.99. The molecule has 1 aliphatic rings. The van der Waals surface area contributed by atoms with Crippen LogP contribution in [0, 0.1) is 5.92 Å². The SMILES string of the molecule is CCC(CC1CC1)NCCOC. The summed E-state index contributed by atoms with van der Waals surface area (Å²) in [6.07, 6.45) is 5.55. The van der Waals surface area contributed by atoms with Crippen LogP contribution in [0.4, 0.5) is 0 Å². The van der Waals surface area contributed by atoms with Crippen molar-refractivity contribution in [3.63, 3.8) is 0 Å². The molecule has 0 spiro atoms. The second-order valence-corrected chi connectivity index (χ2v) is 3.73. The van der Waals surface area contributed by atoms with Crippen LogP contribution in [0.1, 0.15) is 32.6 Å². The zero-order valence-electron chi connectivity index (χ0n) is 8.31. The van der Waals surface area contributed by atoms with E-state index in [-0.39, 0.29) is 0 Å². The molecule has 1 fully saturated rings. The second-order valence-electron chi connectivity index (χ2n) is 3.73. The third-order valence-electron chi connectivity index (χ3n) is 2.55. The van der Waals surface area contributed by atoms with Gasteiger partial charge in [0.2, 0.25) is 0 Å². The maximum atomic E-state index is 4.99. The summed E-state index contributed by atoms with van der Waals surface area (Å²) in [5.74, 6) is 1.03. The third-order valence-corrected chi connectivity index (χ3v) is 2.55. The molecule has 1 saturated carbocycles. The first kappa shape index (κ1) is 10.0. The normalized spacial score (nSPS) is 19.5. The van der Waals surface area contributed by atoms with Crippen LogP contribution in [0.3, 0.4) is 0 Å². The van der Waals surface area contributed by atoms with Gasteiger partial charge < -0.3 is 10.1 Å². The molecule has 0 amide bonds. The number of rotatable bonds is 7. The van der Waals surface area contributed by atoms with Gasteiger partial charge in [-0.3, -0.25) is 0 Å². The minimum Gasteiger partial charge on any atom is -0.383 e. The molecule has 0 aromatic rings. The van der Waals surface area contributed by atoms with Gasteiger partial charge in [0.25, 0.3) is 0 Å². The van der Waals surface area contributed by atoms with Crippen LogP contribution in [-0.4, -0.2) is 26.3 Å². The van der Waals surface area contributed by atoms with Gasteiger partial charge in [0.05, 0.1) is 6.61 Å². The van der Waals surface area contributed by atoms with E-state index in [2.05, 4.69) is 12.2 Å². The van der Waals surface area contributed by atoms with Crippen LogP contribution >= 0.6 is 0 Å². The zero-order chi connectivity index (χ0) is 8.81. The lowest BCUT2D eigenvalue weighted by Crippen LogP contribution is -2.31. The molecule has 12 heavy (non-hydrogen) atoms. The Hall–Kier alpha value is -0.0800. The number of hydrogen-bond donors (Lipinski definition) is 1. The summed E-state index contributed by atoms with van der Waals surface area (Å²) in [5, 5.41) is 3.52. The summed E-state index contributed by atoms with van der Waals surface area (Å²) >= 11 is 0. The molecule has 1 atom stereocenters. The van der Waals surface area contributed by atoms with Crippen molar-refractivity contribution in [2.75, 3.05) is 20.3 Å². The fraction of sp³-hybridized carbons (Fsp3) is 1.00. The number of methoxy groups -OCH3 is 1. The Kier molecular flexibility index (Phi) is 4.62. The lowest BCUT2D eigenvalue weighted by Gasteiger charge is -2.15. The summed E-state index contributed by atoms with van der Waals surface area (Å²) in [6.45, 7) is 4.09. The number of hydrogen-bond acceptors (Lipinski definition) is 2. The second kappa shape index (κ2) is 5.55. The fourth-order valence-electron chi connectivity index (χ4n) is 1.52. The Bertz CT molecular complexity index is 112. The minimum absolute atomic E-state index is 0.729. The molecule has 0 radical (unpaired) electrons. The minimum atomic E-state index is 0.729. The fourth-order valence-corrected chi connectivity index (χ4v) is 1.52. The van der Waals surface area contributed by atoms with E-state index in [1.165, 1.54) is 25.7 Å². The van der Waals surface area contributed by atoms with Gasteiger partial charge in [-0.1, -0.05) is 19.8 Å². The largest absolute Gasteiger partial charge is 0.383 e. The Balaban J connectivity index is 1.98. The molecule has 0 saturated heterocycles. The van der Waals surface area contributed by atoms with Crippen molar-refractivity contribution >= 4 is 0 Å². The Morgan fingerprint density at radius 3 is 2.75 bits per heavy atom. The molecule has 0 aromatic heterocycles. The van der Waals surface area contributed by atoms with E-state index in [0.29, 0.717) is 0 Å². The third kappa shape index (κ3) is 4.07. The molecule has 0 bridgehead atoms. The highest BCUT2D eigenvalue weighted by atomic mass is 16.5. The van der Waals surface area contributed by atoms with Crippen LogP contribution < -0.4 is 5.32 Å². The summed E-state index contributed by atoms with van der Waals surface area (Å²) in [7, 11) is 1.75. The van der Waals surface area contributed by atoms with Crippen molar-refractivity contribution in [3.8, 4) is 0 Å². The standard InChI is InChI=1S/C10H21NO/c1-3-10(8-9-4-5-9)11-6-7-12-2/h9-11H,3-8H2,1-2H3. The highest BCUT2D eigenvalue weighted by Gasteiger charge is 2.24. The predicted molar refractivity (Wildman–Crippen MR) is 51.3 cm³/mol. The average Bonchev–Trinajstić information content (AvgIpc) is 2.87. The molecule has 0 heterocycles. The van der Waals surface area contributed by atoms with E-state index >= 15 is 0 Å².